The zero-order chi connectivity index (χ0) is 16.5. The van der Waals surface area contributed by atoms with E-state index in [1.54, 1.807) is 0 Å². The first-order valence-electron chi connectivity index (χ1n) is 8.18. The molecule has 0 amide bonds. The van der Waals surface area contributed by atoms with Crippen molar-refractivity contribution in [3.63, 3.8) is 0 Å². The Kier molecular flexibility index (Phi) is 6.36. The number of benzene rings is 2. The highest BCUT2D eigenvalue weighted by Crippen LogP contribution is 2.13. The van der Waals surface area contributed by atoms with E-state index in [2.05, 4.69) is 105 Å². The minimum absolute atomic E-state index is 1.19. The largest absolute Gasteiger partial charge is 0.0944 e. The summed E-state index contributed by atoms with van der Waals surface area (Å²) >= 11 is 0. The lowest BCUT2D eigenvalue weighted by Gasteiger charge is -2.17. The van der Waals surface area contributed by atoms with Gasteiger partial charge in [-0.05, 0) is 18.5 Å². The zero-order valence-electron chi connectivity index (χ0n) is 14.4. The molecule has 0 saturated heterocycles. The van der Waals surface area contributed by atoms with Crippen molar-refractivity contribution in [2.24, 2.45) is 0 Å². The molecule has 0 aromatic heterocycles. The molecule has 0 nitrogen and oxygen atoms in total. The molecule has 0 aliphatic carbocycles. The fraction of sp³-hybridized carbons (Fsp3) is 0.182. The second kappa shape index (κ2) is 8.49. The van der Waals surface area contributed by atoms with E-state index in [1.807, 2.05) is 6.07 Å². The summed E-state index contributed by atoms with van der Waals surface area (Å²) in [5, 5.41) is 0. The summed E-state index contributed by atoms with van der Waals surface area (Å²) in [5.74, 6) is 0. The van der Waals surface area contributed by atoms with Gasteiger partial charge in [0.2, 0.25) is 0 Å². The van der Waals surface area contributed by atoms with Crippen LogP contribution in [0.15, 0.2) is 90.2 Å². The SMILES string of the molecule is CC(/C=C/C=C/[Si](C)(C)Cc1ccccc1)=C\c1ccccc1. The lowest BCUT2D eigenvalue weighted by molar-refractivity contribution is 1.32. The van der Waals surface area contributed by atoms with Gasteiger partial charge in [-0.25, -0.2) is 0 Å². The standard InChI is InChI=1S/C22H26Si/c1-20(18-21-13-6-4-7-14-21)12-10-11-17-23(2,3)19-22-15-8-5-9-16-22/h4-18H,19H2,1-3H3/b12-10+,17-11+,20-18+. The lowest BCUT2D eigenvalue weighted by atomic mass is 10.1. The summed E-state index contributed by atoms with van der Waals surface area (Å²) in [6.45, 7) is 6.97. The van der Waals surface area contributed by atoms with Gasteiger partial charge in [0.1, 0.15) is 0 Å². The highest BCUT2D eigenvalue weighted by molar-refractivity contribution is 6.81. The van der Waals surface area contributed by atoms with Gasteiger partial charge in [-0.1, -0.05) is 115 Å². The van der Waals surface area contributed by atoms with Gasteiger partial charge >= 0.3 is 0 Å². The van der Waals surface area contributed by atoms with Crippen LogP contribution in [0.5, 0.6) is 0 Å². The van der Waals surface area contributed by atoms with Gasteiger partial charge in [0, 0.05) is 0 Å². The van der Waals surface area contributed by atoms with E-state index in [0.717, 1.165) is 0 Å². The maximum Gasteiger partial charge on any atom is 0.0760 e. The molecule has 2 aromatic rings. The van der Waals surface area contributed by atoms with Crippen LogP contribution in [0.25, 0.3) is 6.08 Å². The topological polar surface area (TPSA) is 0 Å². The van der Waals surface area contributed by atoms with E-state index in [4.69, 9.17) is 0 Å². The predicted octanol–water partition coefficient (Wildman–Crippen LogP) is 6.23. The van der Waals surface area contributed by atoms with E-state index in [-0.39, 0.29) is 0 Å². The molecule has 118 valence electrons. The second-order valence-electron chi connectivity index (χ2n) is 6.67. The molecule has 1 heteroatoms. The number of rotatable bonds is 6. The Morgan fingerprint density at radius 2 is 1.48 bits per heavy atom. The van der Waals surface area contributed by atoms with Crippen LogP contribution >= 0.6 is 0 Å². The third-order valence-corrected chi connectivity index (χ3v) is 6.13. The molecule has 0 N–H and O–H groups in total. The molecule has 0 fully saturated rings. The Morgan fingerprint density at radius 3 is 2.13 bits per heavy atom. The third-order valence-electron chi connectivity index (χ3n) is 3.71. The van der Waals surface area contributed by atoms with E-state index >= 15 is 0 Å². The predicted molar refractivity (Wildman–Crippen MR) is 106 cm³/mol. The summed E-state index contributed by atoms with van der Waals surface area (Å²) in [6.07, 6.45) is 8.76. The fourth-order valence-corrected chi connectivity index (χ4v) is 4.60. The molecular weight excluding hydrogens is 292 g/mol. The van der Waals surface area contributed by atoms with Crippen molar-refractivity contribution in [1.29, 1.82) is 0 Å². The van der Waals surface area contributed by atoms with Gasteiger partial charge in [0.25, 0.3) is 0 Å². The Balaban J connectivity index is 1.93. The summed E-state index contributed by atoms with van der Waals surface area (Å²) in [4.78, 5) is 0. The van der Waals surface area contributed by atoms with Crippen molar-refractivity contribution in [2.45, 2.75) is 26.1 Å². The summed E-state index contributed by atoms with van der Waals surface area (Å²) in [6, 6.07) is 22.4. The monoisotopic (exact) mass is 318 g/mol. The van der Waals surface area contributed by atoms with Crippen molar-refractivity contribution in [3.8, 4) is 0 Å². The Labute approximate surface area is 141 Å². The van der Waals surface area contributed by atoms with E-state index < -0.39 is 8.07 Å². The molecule has 0 heterocycles. The molecule has 0 aliphatic heterocycles. The highest BCUT2D eigenvalue weighted by atomic mass is 28.3. The number of hydrogen-bond donors (Lipinski definition) is 0. The second-order valence-corrected chi connectivity index (χ2v) is 11.3. The minimum atomic E-state index is -1.34. The van der Waals surface area contributed by atoms with Gasteiger partial charge in [0.15, 0.2) is 0 Å². The Hall–Kier alpha value is -2.12. The van der Waals surface area contributed by atoms with Crippen LogP contribution in [0.1, 0.15) is 18.1 Å². The van der Waals surface area contributed by atoms with Crippen LogP contribution in [-0.4, -0.2) is 8.07 Å². The summed E-state index contributed by atoms with van der Waals surface area (Å²) in [5.41, 5.74) is 6.38. The van der Waals surface area contributed by atoms with Crippen molar-refractivity contribution >= 4 is 14.1 Å². The maximum atomic E-state index is 2.42. The van der Waals surface area contributed by atoms with Crippen molar-refractivity contribution < 1.29 is 0 Å². The molecule has 2 rings (SSSR count). The molecule has 0 bridgehead atoms. The fourth-order valence-electron chi connectivity index (χ4n) is 2.56. The summed E-state index contributed by atoms with van der Waals surface area (Å²) in [7, 11) is -1.34. The van der Waals surface area contributed by atoms with Gasteiger partial charge in [0.05, 0.1) is 8.07 Å². The summed E-state index contributed by atoms with van der Waals surface area (Å²) < 4.78 is 0. The molecule has 23 heavy (non-hydrogen) atoms. The maximum absolute atomic E-state index is 2.42. The molecule has 2 aromatic carbocycles. The first kappa shape index (κ1) is 17.2. The normalized spacial score (nSPS) is 13.1. The highest BCUT2D eigenvalue weighted by Gasteiger charge is 2.16. The van der Waals surface area contributed by atoms with Crippen LogP contribution in [0.2, 0.25) is 13.1 Å². The van der Waals surface area contributed by atoms with Gasteiger partial charge < -0.3 is 0 Å². The van der Waals surface area contributed by atoms with Crippen LogP contribution < -0.4 is 0 Å². The minimum Gasteiger partial charge on any atom is -0.0944 e. The third kappa shape index (κ3) is 6.66. The van der Waals surface area contributed by atoms with E-state index in [9.17, 15) is 0 Å². The van der Waals surface area contributed by atoms with Gasteiger partial charge in [-0.15, -0.1) is 0 Å². The van der Waals surface area contributed by atoms with Crippen LogP contribution in [0, 0.1) is 0 Å². The molecule has 0 saturated carbocycles. The van der Waals surface area contributed by atoms with Crippen LogP contribution in [0.4, 0.5) is 0 Å². The van der Waals surface area contributed by atoms with Crippen LogP contribution in [-0.2, 0) is 6.04 Å². The lowest BCUT2D eigenvalue weighted by Crippen LogP contribution is -2.26. The number of hydrogen-bond acceptors (Lipinski definition) is 0. The Morgan fingerprint density at radius 1 is 0.870 bits per heavy atom. The Bertz CT molecular complexity index is 676. The molecule has 0 unspecified atom stereocenters. The quantitative estimate of drug-likeness (QED) is 0.437. The van der Waals surface area contributed by atoms with Crippen molar-refractivity contribution in [2.75, 3.05) is 0 Å². The van der Waals surface area contributed by atoms with E-state index in [0.29, 0.717) is 0 Å². The molecular formula is C22H26Si. The van der Waals surface area contributed by atoms with Crippen molar-refractivity contribution in [3.05, 3.63) is 101 Å². The van der Waals surface area contributed by atoms with Crippen LogP contribution in [0.3, 0.4) is 0 Å². The zero-order valence-corrected chi connectivity index (χ0v) is 15.4. The first-order chi connectivity index (χ1) is 11.1. The number of allylic oxidation sites excluding steroid dienone is 4. The molecule has 0 radical (unpaired) electrons. The smallest absolute Gasteiger partial charge is 0.0760 e. The van der Waals surface area contributed by atoms with E-state index in [1.165, 1.54) is 22.7 Å². The average molecular weight is 319 g/mol. The van der Waals surface area contributed by atoms with Crippen molar-refractivity contribution in [1.82, 2.24) is 0 Å². The van der Waals surface area contributed by atoms with Gasteiger partial charge in [-0.2, -0.15) is 0 Å². The first-order valence-corrected chi connectivity index (χ1v) is 11.5. The molecule has 0 spiro atoms. The molecule has 0 atom stereocenters. The average Bonchev–Trinajstić information content (AvgIpc) is 2.53. The van der Waals surface area contributed by atoms with Gasteiger partial charge in [-0.3, -0.25) is 0 Å². The molecule has 0 aliphatic rings.